The fraction of sp³-hybridized carbons (Fsp3) is 0.684. The molecule has 2 rings (SSSR count). The molecule has 0 aromatic carbocycles. The Labute approximate surface area is 146 Å². The molecule has 0 aliphatic carbocycles. The first-order chi connectivity index (χ1) is 11.4. The minimum atomic E-state index is -0.00389. The van der Waals surface area contributed by atoms with Crippen LogP contribution in [0.25, 0.3) is 0 Å². The Morgan fingerprint density at radius 2 is 2.17 bits per heavy atom. The van der Waals surface area contributed by atoms with Crippen molar-refractivity contribution in [2.75, 3.05) is 32.1 Å². The summed E-state index contributed by atoms with van der Waals surface area (Å²) in [7, 11) is 3.55. The molecule has 1 saturated heterocycles. The summed E-state index contributed by atoms with van der Waals surface area (Å²) in [5.74, 6) is 1.22. The number of rotatable bonds is 6. The number of nitrogens with zero attached hydrogens (tertiary/aromatic N) is 3. The Bertz CT molecular complexity index is 545. The summed E-state index contributed by atoms with van der Waals surface area (Å²) in [6, 6.07) is 3.70. The van der Waals surface area contributed by atoms with Gasteiger partial charge in [-0.3, -0.25) is 4.79 Å². The van der Waals surface area contributed by atoms with Crippen molar-refractivity contribution in [1.82, 2.24) is 9.88 Å². The molecule has 0 radical (unpaired) electrons. The second kappa shape index (κ2) is 8.47. The highest BCUT2D eigenvalue weighted by atomic mass is 16.5. The van der Waals surface area contributed by atoms with Gasteiger partial charge in [0.2, 0.25) is 0 Å². The van der Waals surface area contributed by atoms with E-state index < -0.39 is 0 Å². The van der Waals surface area contributed by atoms with E-state index in [4.69, 9.17) is 4.74 Å². The first-order valence-electron chi connectivity index (χ1n) is 9.01. The minimum Gasteiger partial charge on any atom is -0.371 e. The van der Waals surface area contributed by atoms with Crippen molar-refractivity contribution in [1.29, 1.82) is 0 Å². The SMILES string of the molecule is CCCC[C@@H]1CN(c2ncccc2C(=O)N(C)C)C[C@H](C(C)C)O1. The van der Waals surface area contributed by atoms with Crippen LogP contribution < -0.4 is 4.90 Å². The standard InChI is InChI=1S/C19H31N3O2/c1-6-7-9-15-12-22(13-17(24-15)14(2)3)18-16(10-8-11-20-18)19(23)21(4)5/h8,10-11,14-15,17H,6-7,9,12-13H2,1-5H3/t15-,17-/m1/s1. The number of hydrogen-bond donors (Lipinski definition) is 0. The molecule has 24 heavy (non-hydrogen) atoms. The van der Waals surface area contributed by atoms with Gasteiger partial charge in [0.15, 0.2) is 0 Å². The molecule has 134 valence electrons. The summed E-state index contributed by atoms with van der Waals surface area (Å²) < 4.78 is 6.28. The second-order valence-electron chi connectivity index (χ2n) is 7.16. The molecule has 1 aromatic heterocycles. The Morgan fingerprint density at radius 1 is 1.42 bits per heavy atom. The largest absolute Gasteiger partial charge is 0.371 e. The second-order valence-corrected chi connectivity index (χ2v) is 7.16. The lowest BCUT2D eigenvalue weighted by Gasteiger charge is -2.41. The molecule has 1 amide bonds. The van der Waals surface area contributed by atoms with Gasteiger partial charge in [0, 0.05) is 33.4 Å². The summed E-state index contributed by atoms with van der Waals surface area (Å²) in [4.78, 5) is 20.9. The predicted molar refractivity (Wildman–Crippen MR) is 97.5 cm³/mol. The van der Waals surface area contributed by atoms with Crippen LogP contribution in [0.4, 0.5) is 5.82 Å². The van der Waals surface area contributed by atoms with Crippen molar-refractivity contribution in [3.8, 4) is 0 Å². The van der Waals surface area contributed by atoms with Gasteiger partial charge < -0.3 is 14.5 Å². The van der Waals surface area contributed by atoms with Crippen molar-refractivity contribution in [2.45, 2.75) is 52.2 Å². The lowest BCUT2D eigenvalue weighted by Crippen LogP contribution is -2.50. The molecule has 1 aliphatic rings. The van der Waals surface area contributed by atoms with Gasteiger partial charge in [0.1, 0.15) is 5.82 Å². The van der Waals surface area contributed by atoms with E-state index >= 15 is 0 Å². The number of amides is 1. The minimum absolute atomic E-state index is 0.00389. The molecule has 0 spiro atoms. The zero-order chi connectivity index (χ0) is 17.7. The monoisotopic (exact) mass is 333 g/mol. The first-order valence-corrected chi connectivity index (χ1v) is 9.01. The predicted octanol–water partition coefficient (Wildman–Crippen LogP) is 3.20. The molecular formula is C19H31N3O2. The number of hydrogen-bond acceptors (Lipinski definition) is 4. The fourth-order valence-electron chi connectivity index (χ4n) is 3.06. The number of anilines is 1. The third kappa shape index (κ3) is 4.47. The highest BCUT2D eigenvalue weighted by Gasteiger charge is 2.32. The Hall–Kier alpha value is -1.62. The quantitative estimate of drug-likeness (QED) is 0.802. The lowest BCUT2D eigenvalue weighted by atomic mass is 10.0. The van der Waals surface area contributed by atoms with Crippen LogP contribution in [-0.2, 0) is 4.74 Å². The summed E-state index contributed by atoms with van der Waals surface area (Å²) in [6.45, 7) is 8.16. The van der Waals surface area contributed by atoms with Gasteiger partial charge in [-0.05, 0) is 24.5 Å². The highest BCUT2D eigenvalue weighted by Crippen LogP contribution is 2.27. The third-order valence-electron chi connectivity index (χ3n) is 4.54. The van der Waals surface area contributed by atoms with Gasteiger partial charge in [0.05, 0.1) is 17.8 Å². The Kier molecular flexibility index (Phi) is 6.60. The van der Waals surface area contributed by atoms with E-state index in [2.05, 4.69) is 30.7 Å². The lowest BCUT2D eigenvalue weighted by molar-refractivity contribution is -0.0521. The number of carbonyl (C=O) groups is 1. The molecule has 5 heteroatoms. The maximum atomic E-state index is 12.5. The van der Waals surface area contributed by atoms with Crippen LogP contribution in [-0.4, -0.2) is 55.2 Å². The van der Waals surface area contributed by atoms with Crippen LogP contribution >= 0.6 is 0 Å². The molecule has 1 aromatic rings. The maximum Gasteiger partial charge on any atom is 0.257 e. The van der Waals surface area contributed by atoms with Crippen LogP contribution in [0.1, 0.15) is 50.4 Å². The van der Waals surface area contributed by atoms with Crippen molar-refractivity contribution < 1.29 is 9.53 Å². The molecule has 1 aliphatic heterocycles. The van der Waals surface area contributed by atoms with Gasteiger partial charge in [-0.15, -0.1) is 0 Å². The van der Waals surface area contributed by atoms with Gasteiger partial charge in [-0.1, -0.05) is 33.6 Å². The number of pyridine rings is 1. The molecule has 0 saturated carbocycles. The Morgan fingerprint density at radius 3 is 2.79 bits per heavy atom. The molecule has 0 bridgehead atoms. The van der Waals surface area contributed by atoms with Crippen molar-refractivity contribution >= 4 is 11.7 Å². The van der Waals surface area contributed by atoms with Crippen LogP contribution in [0, 0.1) is 5.92 Å². The van der Waals surface area contributed by atoms with E-state index in [-0.39, 0.29) is 18.1 Å². The third-order valence-corrected chi connectivity index (χ3v) is 4.54. The molecule has 2 heterocycles. The number of morpholine rings is 1. The van der Waals surface area contributed by atoms with Crippen molar-refractivity contribution in [3.63, 3.8) is 0 Å². The number of ether oxygens (including phenoxy) is 1. The summed E-state index contributed by atoms with van der Waals surface area (Å²) in [5, 5.41) is 0. The van der Waals surface area contributed by atoms with Gasteiger partial charge in [-0.2, -0.15) is 0 Å². The van der Waals surface area contributed by atoms with Gasteiger partial charge >= 0.3 is 0 Å². The normalized spacial score (nSPS) is 21.2. The van der Waals surface area contributed by atoms with Gasteiger partial charge in [0.25, 0.3) is 5.91 Å². The topological polar surface area (TPSA) is 45.7 Å². The molecular weight excluding hydrogens is 302 g/mol. The zero-order valence-corrected chi connectivity index (χ0v) is 15.7. The smallest absolute Gasteiger partial charge is 0.257 e. The molecule has 0 N–H and O–H groups in total. The van der Waals surface area contributed by atoms with Gasteiger partial charge in [-0.25, -0.2) is 4.98 Å². The maximum absolute atomic E-state index is 12.5. The van der Waals surface area contributed by atoms with E-state index in [1.54, 1.807) is 25.2 Å². The number of aromatic nitrogens is 1. The average Bonchev–Trinajstić information content (AvgIpc) is 2.58. The molecule has 0 unspecified atom stereocenters. The highest BCUT2D eigenvalue weighted by molar-refractivity contribution is 5.98. The molecule has 2 atom stereocenters. The van der Waals surface area contributed by atoms with Crippen LogP contribution in [0.15, 0.2) is 18.3 Å². The number of unbranched alkanes of at least 4 members (excludes halogenated alkanes) is 1. The van der Waals surface area contributed by atoms with E-state index in [1.807, 2.05) is 12.1 Å². The number of carbonyl (C=O) groups excluding carboxylic acids is 1. The Balaban J connectivity index is 2.27. The first kappa shape index (κ1) is 18.7. The van der Waals surface area contributed by atoms with E-state index in [9.17, 15) is 4.79 Å². The molecule has 5 nitrogen and oxygen atoms in total. The van der Waals surface area contributed by atoms with E-state index in [1.165, 1.54) is 6.42 Å². The summed E-state index contributed by atoms with van der Waals surface area (Å²) in [6.07, 6.45) is 5.53. The van der Waals surface area contributed by atoms with E-state index in [0.717, 1.165) is 31.7 Å². The summed E-state index contributed by atoms with van der Waals surface area (Å²) >= 11 is 0. The van der Waals surface area contributed by atoms with Crippen LogP contribution in [0.3, 0.4) is 0 Å². The molecule has 1 fully saturated rings. The fourth-order valence-corrected chi connectivity index (χ4v) is 3.06. The van der Waals surface area contributed by atoms with Crippen LogP contribution in [0.2, 0.25) is 0 Å². The zero-order valence-electron chi connectivity index (χ0n) is 15.7. The van der Waals surface area contributed by atoms with Crippen molar-refractivity contribution in [3.05, 3.63) is 23.9 Å². The van der Waals surface area contributed by atoms with Crippen molar-refractivity contribution in [2.24, 2.45) is 5.92 Å². The van der Waals surface area contributed by atoms with Crippen LogP contribution in [0.5, 0.6) is 0 Å². The average molecular weight is 333 g/mol. The van der Waals surface area contributed by atoms with E-state index in [0.29, 0.717) is 11.5 Å². The summed E-state index contributed by atoms with van der Waals surface area (Å²) in [5.41, 5.74) is 0.668.